The molecule has 0 bridgehead atoms. The number of aryl methyl sites for hydroxylation is 1. The summed E-state index contributed by atoms with van der Waals surface area (Å²) < 4.78 is 5.59. The molecule has 0 heterocycles. The second kappa shape index (κ2) is 5.26. The van der Waals surface area contributed by atoms with Gasteiger partial charge >= 0.3 is 0 Å². The zero-order chi connectivity index (χ0) is 12.2. The van der Waals surface area contributed by atoms with E-state index in [9.17, 15) is 4.79 Å². The van der Waals surface area contributed by atoms with Crippen LogP contribution in [0.5, 0.6) is 0 Å². The minimum atomic E-state index is -0.223. The van der Waals surface area contributed by atoms with Gasteiger partial charge in [0.25, 0.3) is 0 Å². The molecule has 16 heavy (non-hydrogen) atoms. The zero-order valence-corrected chi connectivity index (χ0v) is 10.5. The largest absolute Gasteiger partial charge is 0.367 e. The third kappa shape index (κ3) is 3.78. The third-order valence-electron chi connectivity index (χ3n) is 2.79. The predicted octanol–water partition coefficient (Wildman–Crippen LogP) is 3.38. The van der Waals surface area contributed by atoms with Crippen molar-refractivity contribution in [2.45, 2.75) is 39.7 Å². The van der Waals surface area contributed by atoms with Gasteiger partial charge in [-0.15, -0.1) is 0 Å². The van der Waals surface area contributed by atoms with Gasteiger partial charge in [-0.2, -0.15) is 0 Å². The maximum atomic E-state index is 11.8. The number of ketones is 1. The van der Waals surface area contributed by atoms with E-state index in [1.807, 2.05) is 45.0 Å². The molecule has 0 spiro atoms. The van der Waals surface area contributed by atoms with Crippen LogP contribution in [0.2, 0.25) is 0 Å². The van der Waals surface area contributed by atoms with Crippen molar-refractivity contribution in [1.29, 1.82) is 0 Å². The molecule has 0 fully saturated rings. The van der Waals surface area contributed by atoms with Gasteiger partial charge in [0.05, 0.1) is 5.60 Å². The molecule has 1 aromatic rings. The first-order chi connectivity index (χ1) is 7.44. The van der Waals surface area contributed by atoms with Crippen LogP contribution in [0.3, 0.4) is 0 Å². The predicted molar refractivity (Wildman–Crippen MR) is 65.8 cm³/mol. The van der Waals surface area contributed by atoms with E-state index in [4.69, 9.17) is 4.74 Å². The van der Waals surface area contributed by atoms with Gasteiger partial charge in [0.1, 0.15) is 6.61 Å². The molecular formula is C14H20O2. The Morgan fingerprint density at radius 1 is 1.38 bits per heavy atom. The quantitative estimate of drug-likeness (QED) is 0.711. The molecule has 0 aliphatic heterocycles. The average Bonchev–Trinajstić information content (AvgIpc) is 2.26. The summed E-state index contributed by atoms with van der Waals surface area (Å²) in [5, 5.41) is 0. The van der Waals surface area contributed by atoms with Crippen molar-refractivity contribution in [3.63, 3.8) is 0 Å². The molecule has 88 valence electrons. The van der Waals surface area contributed by atoms with Crippen LogP contribution < -0.4 is 0 Å². The van der Waals surface area contributed by atoms with E-state index in [1.54, 1.807) is 0 Å². The maximum Gasteiger partial charge on any atom is 0.188 e. The molecule has 0 aliphatic rings. The number of hydrogen-bond acceptors (Lipinski definition) is 2. The Balaban J connectivity index is 2.60. The van der Waals surface area contributed by atoms with Gasteiger partial charge < -0.3 is 4.74 Å². The van der Waals surface area contributed by atoms with Crippen LogP contribution in [-0.2, 0) is 4.74 Å². The van der Waals surface area contributed by atoms with Gasteiger partial charge in [-0.05, 0) is 33.3 Å². The SMILES string of the molecule is CCC(C)(C)OCC(=O)c1cccc(C)c1. The fraction of sp³-hybridized carbons (Fsp3) is 0.500. The van der Waals surface area contributed by atoms with Gasteiger partial charge in [0.2, 0.25) is 0 Å². The molecule has 2 nitrogen and oxygen atoms in total. The van der Waals surface area contributed by atoms with Crippen LogP contribution in [0.1, 0.15) is 43.1 Å². The molecule has 0 aromatic heterocycles. The standard InChI is InChI=1S/C14H20O2/c1-5-14(3,4)16-10-13(15)12-8-6-7-11(2)9-12/h6-9H,5,10H2,1-4H3. The van der Waals surface area contributed by atoms with E-state index in [-0.39, 0.29) is 18.0 Å². The van der Waals surface area contributed by atoms with Gasteiger partial charge in [-0.25, -0.2) is 0 Å². The summed E-state index contributed by atoms with van der Waals surface area (Å²) in [6.07, 6.45) is 0.897. The van der Waals surface area contributed by atoms with Crippen LogP contribution in [0.4, 0.5) is 0 Å². The number of carbonyl (C=O) groups excluding carboxylic acids is 1. The Morgan fingerprint density at radius 2 is 2.06 bits per heavy atom. The monoisotopic (exact) mass is 220 g/mol. The Hall–Kier alpha value is -1.15. The highest BCUT2D eigenvalue weighted by Crippen LogP contribution is 2.14. The minimum Gasteiger partial charge on any atom is -0.367 e. The van der Waals surface area contributed by atoms with Crippen molar-refractivity contribution in [3.05, 3.63) is 35.4 Å². The lowest BCUT2D eigenvalue weighted by atomic mass is 10.1. The lowest BCUT2D eigenvalue weighted by Crippen LogP contribution is -2.26. The Labute approximate surface area is 97.6 Å². The summed E-state index contributed by atoms with van der Waals surface area (Å²) >= 11 is 0. The fourth-order valence-corrected chi connectivity index (χ4v) is 1.26. The zero-order valence-electron chi connectivity index (χ0n) is 10.5. The van der Waals surface area contributed by atoms with Crippen molar-refractivity contribution < 1.29 is 9.53 Å². The van der Waals surface area contributed by atoms with Gasteiger partial charge in [-0.3, -0.25) is 4.79 Å². The molecule has 0 radical (unpaired) electrons. The lowest BCUT2D eigenvalue weighted by Gasteiger charge is -2.22. The lowest BCUT2D eigenvalue weighted by molar-refractivity contribution is -0.0122. The summed E-state index contributed by atoms with van der Waals surface area (Å²) in [7, 11) is 0. The number of carbonyl (C=O) groups is 1. The molecule has 2 heteroatoms. The molecule has 0 saturated carbocycles. The van der Waals surface area contributed by atoms with E-state index in [0.717, 1.165) is 17.5 Å². The Bertz CT molecular complexity index is 367. The van der Waals surface area contributed by atoms with Crippen LogP contribution in [0, 0.1) is 6.92 Å². The summed E-state index contributed by atoms with van der Waals surface area (Å²) in [6.45, 7) is 8.18. The summed E-state index contributed by atoms with van der Waals surface area (Å²) in [5.74, 6) is 0.0465. The first kappa shape index (κ1) is 12.9. The first-order valence-electron chi connectivity index (χ1n) is 5.68. The van der Waals surface area contributed by atoms with E-state index < -0.39 is 0 Å². The van der Waals surface area contributed by atoms with Crippen molar-refractivity contribution in [1.82, 2.24) is 0 Å². The van der Waals surface area contributed by atoms with Crippen molar-refractivity contribution in [2.75, 3.05) is 6.61 Å². The van der Waals surface area contributed by atoms with Crippen LogP contribution in [0.15, 0.2) is 24.3 Å². The van der Waals surface area contributed by atoms with Gasteiger partial charge in [0, 0.05) is 5.56 Å². The summed E-state index contributed by atoms with van der Waals surface area (Å²) in [6, 6.07) is 7.60. The average molecular weight is 220 g/mol. The number of Topliss-reactive ketones (excluding diaryl/α,β-unsaturated/α-hetero) is 1. The fourth-order valence-electron chi connectivity index (χ4n) is 1.26. The topological polar surface area (TPSA) is 26.3 Å². The number of ether oxygens (including phenoxy) is 1. The van der Waals surface area contributed by atoms with Gasteiger partial charge in [0.15, 0.2) is 5.78 Å². The number of hydrogen-bond donors (Lipinski definition) is 0. The summed E-state index contributed by atoms with van der Waals surface area (Å²) in [5.41, 5.74) is 1.60. The highest BCUT2D eigenvalue weighted by Gasteiger charge is 2.17. The molecule has 0 atom stereocenters. The van der Waals surface area contributed by atoms with Crippen LogP contribution >= 0.6 is 0 Å². The minimum absolute atomic E-state index is 0.0465. The molecular weight excluding hydrogens is 200 g/mol. The molecule has 1 aromatic carbocycles. The van der Waals surface area contributed by atoms with E-state index in [2.05, 4.69) is 6.92 Å². The third-order valence-corrected chi connectivity index (χ3v) is 2.79. The van der Waals surface area contributed by atoms with Crippen LogP contribution in [0.25, 0.3) is 0 Å². The molecule has 0 amide bonds. The van der Waals surface area contributed by atoms with E-state index in [0.29, 0.717) is 0 Å². The normalized spacial score (nSPS) is 11.5. The summed E-state index contributed by atoms with van der Waals surface area (Å²) in [4.78, 5) is 11.8. The number of benzene rings is 1. The second-order valence-corrected chi connectivity index (χ2v) is 4.69. The second-order valence-electron chi connectivity index (χ2n) is 4.69. The van der Waals surface area contributed by atoms with E-state index in [1.165, 1.54) is 0 Å². The van der Waals surface area contributed by atoms with Gasteiger partial charge in [-0.1, -0.05) is 30.7 Å². The molecule has 1 rings (SSSR count). The first-order valence-corrected chi connectivity index (χ1v) is 5.68. The smallest absolute Gasteiger partial charge is 0.188 e. The Kier molecular flexibility index (Phi) is 4.25. The Morgan fingerprint density at radius 3 is 2.62 bits per heavy atom. The molecule has 0 aliphatic carbocycles. The number of rotatable bonds is 5. The molecule has 0 saturated heterocycles. The van der Waals surface area contributed by atoms with E-state index >= 15 is 0 Å². The van der Waals surface area contributed by atoms with Crippen molar-refractivity contribution >= 4 is 5.78 Å². The maximum absolute atomic E-state index is 11.8. The van der Waals surface area contributed by atoms with Crippen molar-refractivity contribution in [2.24, 2.45) is 0 Å². The molecule has 0 unspecified atom stereocenters. The molecule has 0 N–H and O–H groups in total. The highest BCUT2D eigenvalue weighted by atomic mass is 16.5. The van der Waals surface area contributed by atoms with Crippen LogP contribution in [-0.4, -0.2) is 18.0 Å². The highest BCUT2D eigenvalue weighted by molar-refractivity contribution is 5.97. The van der Waals surface area contributed by atoms with Crippen molar-refractivity contribution in [3.8, 4) is 0 Å².